The van der Waals surface area contributed by atoms with Crippen molar-refractivity contribution in [2.24, 2.45) is 0 Å². The summed E-state index contributed by atoms with van der Waals surface area (Å²) in [6.07, 6.45) is 8.14. The molecule has 0 spiro atoms. The van der Waals surface area contributed by atoms with Crippen molar-refractivity contribution in [2.45, 2.75) is 26.2 Å². The highest BCUT2D eigenvalue weighted by molar-refractivity contribution is 5.43. The summed E-state index contributed by atoms with van der Waals surface area (Å²) in [5.41, 5.74) is 0.985. The largest absolute Gasteiger partial charge is 0.322 e. The Bertz CT molecular complexity index is 578. The maximum absolute atomic E-state index is 11.6. The molecule has 0 amide bonds. The zero-order chi connectivity index (χ0) is 12.8. The van der Waals surface area contributed by atoms with Crippen LogP contribution in [0.2, 0.25) is 0 Å². The summed E-state index contributed by atoms with van der Waals surface area (Å²) >= 11 is 0. The predicted octanol–water partition coefficient (Wildman–Crippen LogP) is 1.82. The van der Waals surface area contributed by atoms with Gasteiger partial charge in [0.05, 0.1) is 0 Å². The van der Waals surface area contributed by atoms with Crippen LogP contribution in [0.25, 0.3) is 12.2 Å². The van der Waals surface area contributed by atoms with Crippen LogP contribution >= 0.6 is 0 Å². The molecule has 0 saturated carbocycles. The van der Waals surface area contributed by atoms with Gasteiger partial charge in [0.15, 0.2) is 0 Å². The number of rotatable bonds is 4. The van der Waals surface area contributed by atoms with E-state index in [0.29, 0.717) is 5.92 Å². The number of hydrogen-bond donors (Lipinski definition) is 1. The van der Waals surface area contributed by atoms with Gasteiger partial charge in [-0.1, -0.05) is 45.2 Å². The lowest BCUT2D eigenvalue weighted by Gasteiger charge is -2.09. The predicted molar refractivity (Wildman–Crippen MR) is 74.3 cm³/mol. The third kappa shape index (κ3) is 3.06. The normalized spacial score (nSPS) is 14.7. The topological polar surface area (TPSA) is 32.9 Å². The van der Waals surface area contributed by atoms with E-state index in [9.17, 15) is 4.79 Å². The Hall–Kier alpha value is -1.83. The standard InChI is InChI=1S/C15H19NO/c1-5-8-12-13(11(4)7-3)10-15(17)16-14(12)9-6-2/h5-6,8-11H,1-2,7H2,3-4H3,(H,16,17)/b12-8-,14-9+. The Kier molecular flexibility index (Phi) is 4.70. The van der Waals surface area contributed by atoms with Gasteiger partial charge in [-0.25, -0.2) is 0 Å². The molecule has 1 N–H and O–H groups in total. The van der Waals surface area contributed by atoms with Gasteiger partial charge in [0.1, 0.15) is 0 Å². The first kappa shape index (κ1) is 13.2. The number of hydrogen-bond acceptors (Lipinski definition) is 1. The first-order valence-corrected chi connectivity index (χ1v) is 5.82. The molecular weight excluding hydrogens is 210 g/mol. The minimum absolute atomic E-state index is 0.0744. The second-order valence-corrected chi connectivity index (χ2v) is 4.03. The van der Waals surface area contributed by atoms with Crippen molar-refractivity contribution in [1.82, 2.24) is 4.98 Å². The van der Waals surface area contributed by atoms with Gasteiger partial charge >= 0.3 is 0 Å². The van der Waals surface area contributed by atoms with Gasteiger partial charge in [0, 0.05) is 16.6 Å². The van der Waals surface area contributed by atoms with Crippen LogP contribution in [0.1, 0.15) is 31.7 Å². The molecule has 90 valence electrons. The third-order valence-electron chi connectivity index (χ3n) is 2.86. The van der Waals surface area contributed by atoms with Crippen LogP contribution in [0.15, 0.2) is 36.2 Å². The molecule has 0 radical (unpaired) electrons. The Balaban J connectivity index is 3.76. The summed E-state index contributed by atoms with van der Waals surface area (Å²) < 4.78 is 0. The maximum Gasteiger partial charge on any atom is 0.248 e. The third-order valence-corrected chi connectivity index (χ3v) is 2.86. The van der Waals surface area contributed by atoms with Gasteiger partial charge in [-0.3, -0.25) is 4.79 Å². The van der Waals surface area contributed by atoms with Crippen molar-refractivity contribution < 1.29 is 0 Å². The minimum atomic E-state index is -0.0744. The Morgan fingerprint density at radius 3 is 2.53 bits per heavy atom. The SMILES string of the molecule is C=C/C=c1/c(C(C)CC)cc(=O)[nH]/c1=C/C=C. The molecule has 0 aromatic carbocycles. The second-order valence-electron chi connectivity index (χ2n) is 4.03. The van der Waals surface area contributed by atoms with E-state index in [1.807, 2.05) is 12.2 Å². The second kappa shape index (κ2) is 6.04. The minimum Gasteiger partial charge on any atom is -0.322 e. The Morgan fingerprint density at radius 2 is 2.00 bits per heavy atom. The highest BCUT2D eigenvalue weighted by Gasteiger charge is 2.06. The van der Waals surface area contributed by atoms with Crippen molar-refractivity contribution in [3.8, 4) is 0 Å². The molecule has 0 aliphatic rings. The first-order valence-electron chi connectivity index (χ1n) is 5.82. The van der Waals surface area contributed by atoms with Gasteiger partial charge in [0.2, 0.25) is 5.56 Å². The van der Waals surface area contributed by atoms with E-state index >= 15 is 0 Å². The quantitative estimate of drug-likeness (QED) is 0.839. The lowest BCUT2D eigenvalue weighted by Crippen LogP contribution is -2.37. The summed E-state index contributed by atoms with van der Waals surface area (Å²) in [5, 5.41) is 1.82. The van der Waals surface area contributed by atoms with Crippen LogP contribution < -0.4 is 16.1 Å². The fourth-order valence-electron chi connectivity index (χ4n) is 1.79. The molecule has 1 atom stereocenters. The van der Waals surface area contributed by atoms with Crippen molar-refractivity contribution in [2.75, 3.05) is 0 Å². The number of pyridine rings is 1. The number of allylic oxidation sites excluding steroid dienone is 2. The van der Waals surface area contributed by atoms with Crippen LogP contribution in [0.4, 0.5) is 0 Å². The monoisotopic (exact) mass is 229 g/mol. The van der Waals surface area contributed by atoms with Gasteiger partial charge in [-0.15, -0.1) is 0 Å². The van der Waals surface area contributed by atoms with Crippen LogP contribution in [-0.2, 0) is 0 Å². The fourth-order valence-corrected chi connectivity index (χ4v) is 1.79. The van der Waals surface area contributed by atoms with E-state index in [0.717, 1.165) is 22.6 Å². The van der Waals surface area contributed by atoms with E-state index in [-0.39, 0.29) is 5.56 Å². The molecule has 0 saturated heterocycles. The number of aromatic amines is 1. The molecule has 0 bridgehead atoms. The van der Waals surface area contributed by atoms with Crippen LogP contribution in [-0.4, -0.2) is 4.98 Å². The van der Waals surface area contributed by atoms with Crippen LogP contribution in [0, 0.1) is 0 Å². The van der Waals surface area contributed by atoms with E-state index in [1.54, 1.807) is 18.2 Å². The molecule has 2 heteroatoms. The molecule has 0 fully saturated rings. The molecular formula is C15H19NO. The molecule has 0 aliphatic carbocycles. The van der Waals surface area contributed by atoms with Gasteiger partial charge in [-0.2, -0.15) is 0 Å². The first-order chi connectivity index (χ1) is 8.13. The van der Waals surface area contributed by atoms with Crippen LogP contribution in [0.5, 0.6) is 0 Å². The summed E-state index contributed by atoms with van der Waals surface area (Å²) in [7, 11) is 0. The maximum atomic E-state index is 11.6. The van der Waals surface area contributed by atoms with E-state index in [4.69, 9.17) is 0 Å². The average Bonchev–Trinajstić information content (AvgIpc) is 2.31. The highest BCUT2D eigenvalue weighted by atomic mass is 16.1. The molecule has 0 aliphatic heterocycles. The summed E-state index contributed by atoms with van der Waals surface area (Å²) in [4.78, 5) is 14.4. The molecule has 1 rings (SSSR count). The molecule has 1 unspecified atom stereocenters. The lowest BCUT2D eigenvalue weighted by molar-refractivity contribution is 0.723. The zero-order valence-corrected chi connectivity index (χ0v) is 10.5. The summed E-state index contributed by atoms with van der Waals surface area (Å²) in [6, 6.07) is 1.67. The van der Waals surface area contributed by atoms with Crippen molar-refractivity contribution in [1.29, 1.82) is 0 Å². The molecule has 1 heterocycles. The smallest absolute Gasteiger partial charge is 0.248 e. The van der Waals surface area contributed by atoms with Gasteiger partial charge in [-0.05, 0) is 24.0 Å². The van der Waals surface area contributed by atoms with E-state index < -0.39 is 0 Å². The average molecular weight is 229 g/mol. The highest BCUT2D eigenvalue weighted by Crippen LogP contribution is 2.11. The van der Waals surface area contributed by atoms with Crippen molar-refractivity contribution in [3.05, 3.63) is 57.9 Å². The summed E-state index contributed by atoms with van der Waals surface area (Å²) in [5.74, 6) is 0.348. The van der Waals surface area contributed by atoms with Crippen molar-refractivity contribution in [3.63, 3.8) is 0 Å². The lowest BCUT2D eigenvalue weighted by atomic mass is 9.97. The zero-order valence-electron chi connectivity index (χ0n) is 10.5. The molecule has 2 nitrogen and oxygen atoms in total. The number of H-pyrrole nitrogens is 1. The summed E-state index contributed by atoms with van der Waals surface area (Å²) in [6.45, 7) is 11.6. The Labute approximate surface area is 102 Å². The van der Waals surface area contributed by atoms with E-state index in [2.05, 4.69) is 32.0 Å². The van der Waals surface area contributed by atoms with Crippen LogP contribution in [0.3, 0.4) is 0 Å². The number of aromatic nitrogens is 1. The fraction of sp³-hybridized carbons (Fsp3) is 0.267. The van der Waals surface area contributed by atoms with E-state index in [1.165, 1.54) is 0 Å². The molecule has 1 aromatic heterocycles. The van der Waals surface area contributed by atoms with Crippen molar-refractivity contribution >= 4 is 12.2 Å². The van der Waals surface area contributed by atoms with Gasteiger partial charge in [0.25, 0.3) is 0 Å². The number of nitrogens with one attached hydrogen (secondary N) is 1. The Morgan fingerprint density at radius 1 is 1.35 bits per heavy atom. The van der Waals surface area contributed by atoms with Gasteiger partial charge < -0.3 is 4.98 Å². The molecule has 1 aromatic rings. The molecule has 17 heavy (non-hydrogen) atoms.